The van der Waals surface area contributed by atoms with E-state index in [1.165, 1.54) is 36.8 Å². The molecule has 2 fully saturated rings. The molecule has 146 valence electrons. The maximum absolute atomic E-state index is 11.0. The minimum absolute atomic E-state index is 0.161. The molecule has 3 atom stereocenters. The van der Waals surface area contributed by atoms with E-state index in [0.29, 0.717) is 12.0 Å². The Morgan fingerprint density at radius 2 is 1.96 bits per heavy atom. The minimum Gasteiger partial charge on any atom is -0.497 e. The number of piperidine rings is 1. The van der Waals surface area contributed by atoms with Gasteiger partial charge < -0.3 is 9.64 Å². The monoisotopic (exact) mass is 378 g/mol. The second-order valence-corrected chi connectivity index (χ2v) is 8.52. The van der Waals surface area contributed by atoms with E-state index in [2.05, 4.69) is 23.1 Å². The van der Waals surface area contributed by atoms with Gasteiger partial charge in [-0.15, -0.1) is 0 Å². The minimum atomic E-state index is -0.323. The van der Waals surface area contributed by atoms with Gasteiger partial charge in [-0.3, -0.25) is 10.1 Å². The summed E-state index contributed by atoms with van der Waals surface area (Å²) in [6.45, 7) is 1.01. The molecule has 2 bridgehead atoms. The van der Waals surface area contributed by atoms with E-state index in [4.69, 9.17) is 4.74 Å². The molecule has 1 saturated carbocycles. The Balaban J connectivity index is 1.56. The number of nitro groups is 1. The van der Waals surface area contributed by atoms with E-state index in [-0.39, 0.29) is 16.0 Å². The van der Waals surface area contributed by atoms with Gasteiger partial charge in [0.25, 0.3) is 5.69 Å². The second kappa shape index (κ2) is 6.50. The Morgan fingerprint density at radius 3 is 2.71 bits per heavy atom. The molecular formula is C23H26N2O3. The quantitative estimate of drug-likeness (QED) is 0.565. The largest absolute Gasteiger partial charge is 0.497 e. The maximum atomic E-state index is 11.0. The predicted octanol–water partition coefficient (Wildman–Crippen LogP) is 4.87. The van der Waals surface area contributed by atoms with Crippen LogP contribution in [-0.2, 0) is 11.8 Å². The van der Waals surface area contributed by atoms with Crippen LogP contribution in [0.2, 0.25) is 0 Å². The smallest absolute Gasteiger partial charge is 0.269 e. The highest BCUT2D eigenvalue weighted by atomic mass is 16.6. The van der Waals surface area contributed by atoms with Gasteiger partial charge in [-0.25, -0.2) is 0 Å². The molecule has 5 heteroatoms. The van der Waals surface area contributed by atoms with Crippen LogP contribution in [0.15, 0.2) is 42.5 Å². The number of hydrogen-bond donors (Lipinski definition) is 0. The molecule has 2 aromatic carbocycles. The summed E-state index contributed by atoms with van der Waals surface area (Å²) in [5, 5.41) is 11.0. The Bertz CT molecular complexity index is 911. The lowest BCUT2D eigenvalue weighted by molar-refractivity contribution is -0.384. The topological polar surface area (TPSA) is 55.6 Å². The summed E-state index contributed by atoms with van der Waals surface area (Å²) >= 11 is 0. The molecule has 0 amide bonds. The third-order valence-electron chi connectivity index (χ3n) is 7.44. The van der Waals surface area contributed by atoms with E-state index in [0.717, 1.165) is 30.8 Å². The van der Waals surface area contributed by atoms with Crippen LogP contribution in [0.3, 0.4) is 0 Å². The van der Waals surface area contributed by atoms with Crippen LogP contribution in [0.4, 0.5) is 11.4 Å². The average molecular weight is 378 g/mol. The summed E-state index contributed by atoms with van der Waals surface area (Å²) in [4.78, 5) is 13.2. The number of ether oxygens (including phenoxy) is 1. The predicted molar refractivity (Wildman–Crippen MR) is 109 cm³/mol. The van der Waals surface area contributed by atoms with Gasteiger partial charge in [0, 0.05) is 35.8 Å². The van der Waals surface area contributed by atoms with E-state index in [9.17, 15) is 10.1 Å². The highest BCUT2D eigenvalue weighted by molar-refractivity contribution is 5.56. The van der Waals surface area contributed by atoms with Gasteiger partial charge in [0.2, 0.25) is 0 Å². The van der Waals surface area contributed by atoms with E-state index in [1.807, 2.05) is 12.1 Å². The number of benzene rings is 2. The van der Waals surface area contributed by atoms with Gasteiger partial charge in [0.05, 0.1) is 12.0 Å². The molecule has 5 rings (SSSR count). The van der Waals surface area contributed by atoms with Gasteiger partial charge in [-0.2, -0.15) is 0 Å². The summed E-state index contributed by atoms with van der Waals surface area (Å²) in [6.07, 6.45) is 7.33. The second-order valence-electron chi connectivity index (χ2n) is 8.52. The zero-order valence-electron chi connectivity index (χ0n) is 16.3. The standard InChI is InChI=1S/C23H26N2O3/c1-28-19-10-5-16-14-22-20-4-2-3-11-23(20,21(16)15-19)12-13-24(22)17-6-8-18(9-7-17)25(26)27/h5-10,15,20,22H,2-4,11-14H2,1H3/t20-,22-,23-/m0/s1. The Kier molecular flexibility index (Phi) is 4.07. The lowest BCUT2D eigenvalue weighted by Crippen LogP contribution is -2.61. The summed E-state index contributed by atoms with van der Waals surface area (Å²) in [7, 11) is 1.75. The molecule has 0 aromatic heterocycles. The molecular weight excluding hydrogens is 352 g/mol. The van der Waals surface area contributed by atoms with Crippen LogP contribution >= 0.6 is 0 Å². The number of methoxy groups -OCH3 is 1. The van der Waals surface area contributed by atoms with Gasteiger partial charge in [-0.1, -0.05) is 18.9 Å². The van der Waals surface area contributed by atoms with Gasteiger partial charge in [-0.05, 0) is 67.0 Å². The molecule has 2 aromatic rings. The number of rotatable bonds is 3. The van der Waals surface area contributed by atoms with Crippen molar-refractivity contribution in [1.82, 2.24) is 0 Å². The van der Waals surface area contributed by atoms with Gasteiger partial charge >= 0.3 is 0 Å². The van der Waals surface area contributed by atoms with Crippen molar-refractivity contribution in [2.75, 3.05) is 18.6 Å². The molecule has 28 heavy (non-hydrogen) atoms. The summed E-state index contributed by atoms with van der Waals surface area (Å²) in [6, 6.07) is 14.2. The first-order valence-corrected chi connectivity index (χ1v) is 10.3. The van der Waals surface area contributed by atoms with Crippen LogP contribution in [-0.4, -0.2) is 24.6 Å². The van der Waals surface area contributed by atoms with Crippen LogP contribution < -0.4 is 9.64 Å². The van der Waals surface area contributed by atoms with Crippen molar-refractivity contribution in [3.63, 3.8) is 0 Å². The maximum Gasteiger partial charge on any atom is 0.269 e. The molecule has 0 N–H and O–H groups in total. The molecule has 1 saturated heterocycles. The fourth-order valence-corrected chi connectivity index (χ4v) is 6.20. The number of nitrogens with zero attached hydrogens (tertiary/aromatic N) is 2. The van der Waals surface area contributed by atoms with E-state index >= 15 is 0 Å². The Morgan fingerprint density at radius 1 is 1.14 bits per heavy atom. The Hall–Kier alpha value is -2.56. The number of non-ortho nitro benzene ring substituents is 1. The Labute approximate surface area is 165 Å². The summed E-state index contributed by atoms with van der Waals surface area (Å²) in [5.74, 6) is 1.61. The average Bonchev–Trinajstić information content (AvgIpc) is 2.73. The first kappa shape index (κ1) is 17.5. The molecule has 1 aliphatic heterocycles. The van der Waals surface area contributed by atoms with Crippen LogP contribution in [0.5, 0.6) is 5.75 Å². The number of nitro benzene ring substituents is 1. The lowest BCUT2D eigenvalue weighted by atomic mass is 9.52. The van der Waals surface area contributed by atoms with Gasteiger partial charge in [0.15, 0.2) is 0 Å². The fraction of sp³-hybridized carbons (Fsp3) is 0.478. The van der Waals surface area contributed by atoms with Crippen molar-refractivity contribution in [3.05, 3.63) is 63.7 Å². The van der Waals surface area contributed by atoms with Crippen molar-refractivity contribution >= 4 is 11.4 Å². The third kappa shape index (κ3) is 2.52. The fourth-order valence-electron chi connectivity index (χ4n) is 6.20. The molecule has 0 spiro atoms. The number of fused-ring (bicyclic) bond motifs is 1. The molecule has 1 heterocycles. The molecule has 2 aliphatic carbocycles. The summed E-state index contributed by atoms with van der Waals surface area (Å²) in [5.41, 5.74) is 4.52. The summed E-state index contributed by atoms with van der Waals surface area (Å²) < 4.78 is 5.55. The van der Waals surface area contributed by atoms with Crippen molar-refractivity contribution in [3.8, 4) is 5.75 Å². The van der Waals surface area contributed by atoms with Crippen molar-refractivity contribution in [2.45, 2.75) is 50.0 Å². The van der Waals surface area contributed by atoms with Crippen molar-refractivity contribution < 1.29 is 9.66 Å². The SMILES string of the molecule is COc1ccc2c(c1)[C@]13CCCC[C@H]1[C@H](C2)N(c1ccc([N+](=O)[O-])cc1)CC3. The molecule has 0 unspecified atom stereocenters. The molecule has 3 aliphatic rings. The highest BCUT2D eigenvalue weighted by Gasteiger charge is 2.53. The number of anilines is 1. The third-order valence-corrected chi connectivity index (χ3v) is 7.44. The first-order chi connectivity index (χ1) is 13.6. The zero-order chi connectivity index (χ0) is 19.3. The van der Waals surface area contributed by atoms with E-state index < -0.39 is 0 Å². The van der Waals surface area contributed by atoms with Gasteiger partial charge in [0.1, 0.15) is 5.75 Å². The number of hydrogen-bond acceptors (Lipinski definition) is 4. The van der Waals surface area contributed by atoms with Crippen LogP contribution in [0, 0.1) is 16.0 Å². The van der Waals surface area contributed by atoms with E-state index in [1.54, 1.807) is 19.2 Å². The zero-order valence-corrected chi connectivity index (χ0v) is 16.3. The van der Waals surface area contributed by atoms with Crippen molar-refractivity contribution in [2.24, 2.45) is 5.92 Å². The molecule has 0 radical (unpaired) electrons. The van der Waals surface area contributed by atoms with Crippen molar-refractivity contribution in [1.29, 1.82) is 0 Å². The highest BCUT2D eigenvalue weighted by Crippen LogP contribution is 2.56. The van der Waals surface area contributed by atoms with Crippen LogP contribution in [0.1, 0.15) is 43.2 Å². The van der Waals surface area contributed by atoms with Crippen LogP contribution in [0.25, 0.3) is 0 Å². The first-order valence-electron chi connectivity index (χ1n) is 10.3. The normalized spacial score (nSPS) is 28.2. The molecule has 5 nitrogen and oxygen atoms in total. The lowest BCUT2D eigenvalue weighted by Gasteiger charge is -2.59.